The Bertz CT molecular complexity index is 307. The fourth-order valence-electron chi connectivity index (χ4n) is 1.79. The van der Waals surface area contributed by atoms with E-state index in [0.29, 0.717) is 0 Å². The van der Waals surface area contributed by atoms with Crippen LogP contribution in [0.3, 0.4) is 0 Å². The first-order chi connectivity index (χ1) is 7.02. The molecule has 0 radical (unpaired) electrons. The number of hydrogen-bond donors (Lipinski definition) is 1. The van der Waals surface area contributed by atoms with Gasteiger partial charge in [-0.15, -0.1) is 0 Å². The SMILES string of the molecule is CC(C)(C)NC(=O)C1CC1C(=O)C(C)(C)C. The van der Waals surface area contributed by atoms with Crippen molar-refractivity contribution in [2.45, 2.75) is 53.5 Å². The molecule has 0 aliphatic heterocycles. The van der Waals surface area contributed by atoms with Crippen molar-refractivity contribution in [2.24, 2.45) is 17.3 Å². The summed E-state index contributed by atoms with van der Waals surface area (Å²) in [5, 5.41) is 2.93. The van der Waals surface area contributed by atoms with E-state index in [2.05, 4.69) is 5.32 Å². The van der Waals surface area contributed by atoms with Gasteiger partial charge in [0.25, 0.3) is 0 Å². The molecule has 0 aromatic heterocycles. The molecule has 0 spiro atoms. The Hall–Kier alpha value is -0.860. The zero-order chi connectivity index (χ0) is 12.7. The minimum Gasteiger partial charge on any atom is -0.351 e. The molecule has 0 aromatic carbocycles. The van der Waals surface area contributed by atoms with Crippen molar-refractivity contribution >= 4 is 11.7 Å². The van der Waals surface area contributed by atoms with Gasteiger partial charge < -0.3 is 5.32 Å². The average Bonchev–Trinajstić information content (AvgIpc) is 2.75. The van der Waals surface area contributed by atoms with Crippen molar-refractivity contribution in [1.82, 2.24) is 5.32 Å². The molecule has 0 saturated heterocycles. The van der Waals surface area contributed by atoms with E-state index in [1.165, 1.54) is 0 Å². The lowest BCUT2D eigenvalue weighted by Gasteiger charge is -2.21. The minimum absolute atomic E-state index is 0.0232. The Kier molecular flexibility index (Phi) is 3.19. The van der Waals surface area contributed by atoms with Crippen LogP contribution < -0.4 is 5.32 Å². The zero-order valence-corrected chi connectivity index (χ0v) is 11.2. The molecular formula is C13H23NO2. The first-order valence-corrected chi connectivity index (χ1v) is 5.89. The van der Waals surface area contributed by atoms with E-state index in [1.807, 2.05) is 41.5 Å². The quantitative estimate of drug-likeness (QED) is 0.782. The molecule has 1 aliphatic rings. The van der Waals surface area contributed by atoms with E-state index < -0.39 is 0 Å². The van der Waals surface area contributed by atoms with Gasteiger partial charge in [0, 0.05) is 22.8 Å². The van der Waals surface area contributed by atoms with Crippen LogP contribution in [0, 0.1) is 17.3 Å². The van der Waals surface area contributed by atoms with E-state index in [9.17, 15) is 9.59 Å². The molecule has 2 unspecified atom stereocenters. The predicted octanol–water partition coefficient (Wildman–Crippen LogP) is 2.15. The third kappa shape index (κ3) is 3.32. The lowest BCUT2D eigenvalue weighted by molar-refractivity contribution is -0.131. The van der Waals surface area contributed by atoms with E-state index in [1.54, 1.807) is 0 Å². The summed E-state index contributed by atoms with van der Waals surface area (Å²) in [6.07, 6.45) is 0.720. The molecular weight excluding hydrogens is 202 g/mol. The maximum absolute atomic E-state index is 11.9. The molecule has 1 aliphatic carbocycles. The molecule has 16 heavy (non-hydrogen) atoms. The maximum atomic E-state index is 11.9. The van der Waals surface area contributed by atoms with Gasteiger partial charge >= 0.3 is 0 Å². The molecule has 0 bridgehead atoms. The van der Waals surface area contributed by atoms with Crippen LogP contribution in [-0.2, 0) is 9.59 Å². The monoisotopic (exact) mass is 225 g/mol. The fourth-order valence-corrected chi connectivity index (χ4v) is 1.79. The highest BCUT2D eigenvalue weighted by Gasteiger charge is 2.50. The second-order valence-electron chi connectivity index (χ2n) is 6.80. The van der Waals surface area contributed by atoms with Crippen LogP contribution in [0.4, 0.5) is 0 Å². The summed E-state index contributed by atoms with van der Waals surface area (Å²) in [7, 11) is 0. The molecule has 1 rings (SSSR count). The summed E-state index contributed by atoms with van der Waals surface area (Å²) < 4.78 is 0. The van der Waals surface area contributed by atoms with Gasteiger partial charge in [0.2, 0.25) is 5.91 Å². The Balaban J connectivity index is 2.52. The summed E-state index contributed by atoms with van der Waals surface area (Å²) in [6.45, 7) is 11.6. The number of carbonyl (C=O) groups excluding carboxylic acids is 2. The number of amides is 1. The number of rotatable bonds is 2. The number of Topliss-reactive ketones (excluding diaryl/α,β-unsaturated/α-hetero) is 1. The molecule has 1 amide bonds. The molecule has 3 nitrogen and oxygen atoms in total. The highest BCUT2D eigenvalue weighted by Crippen LogP contribution is 2.43. The normalized spacial score (nSPS) is 25.1. The predicted molar refractivity (Wildman–Crippen MR) is 64.0 cm³/mol. The van der Waals surface area contributed by atoms with Gasteiger partial charge in [-0.2, -0.15) is 0 Å². The number of carbonyl (C=O) groups is 2. The van der Waals surface area contributed by atoms with Gasteiger partial charge in [0.05, 0.1) is 0 Å². The zero-order valence-electron chi connectivity index (χ0n) is 11.2. The van der Waals surface area contributed by atoms with Crippen molar-refractivity contribution < 1.29 is 9.59 Å². The second kappa shape index (κ2) is 3.86. The molecule has 1 N–H and O–H groups in total. The van der Waals surface area contributed by atoms with Crippen LogP contribution >= 0.6 is 0 Å². The van der Waals surface area contributed by atoms with E-state index >= 15 is 0 Å². The van der Waals surface area contributed by atoms with Crippen LogP contribution in [0.2, 0.25) is 0 Å². The Morgan fingerprint density at radius 2 is 1.50 bits per heavy atom. The first kappa shape index (κ1) is 13.2. The molecule has 1 saturated carbocycles. The standard InChI is InChI=1S/C13H23NO2/c1-12(2,3)10(15)8-7-9(8)11(16)14-13(4,5)6/h8-9H,7H2,1-6H3,(H,14,16). The lowest BCUT2D eigenvalue weighted by Crippen LogP contribution is -2.42. The van der Waals surface area contributed by atoms with Gasteiger partial charge in [-0.25, -0.2) is 0 Å². The van der Waals surface area contributed by atoms with Crippen molar-refractivity contribution in [1.29, 1.82) is 0 Å². The van der Waals surface area contributed by atoms with E-state index in [4.69, 9.17) is 0 Å². The number of nitrogens with one attached hydrogen (secondary N) is 1. The van der Waals surface area contributed by atoms with Gasteiger partial charge in [-0.1, -0.05) is 20.8 Å². The number of ketones is 1. The molecule has 2 atom stereocenters. The highest BCUT2D eigenvalue weighted by atomic mass is 16.2. The fraction of sp³-hybridized carbons (Fsp3) is 0.846. The maximum Gasteiger partial charge on any atom is 0.224 e. The third-order valence-corrected chi connectivity index (χ3v) is 2.70. The Morgan fingerprint density at radius 3 is 1.88 bits per heavy atom. The highest BCUT2D eigenvalue weighted by molar-refractivity contribution is 5.96. The Morgan fingerprint density at radius 1 is 1.00 bits per heavy atom. The van der Waals surface area contributed by atoms with Crippen LogP contribution in [0.15, 0.2) is 0 Å². The smallest absolute Gasteiger partial charge is 0.224 e. The van der Waals surface area contributed by atoms with E-state index in [0.717, 1.165) is 6.42 Å². The average molecular weight is 225 g/mol. The van der Waals surface area contributed by atoms with Crippen molar-refractivity contribution in [3.05, 3.63) is 0 Å². The molecule has 0 aromatic rings. The van der Waals surface area contributed by atoms with Crippen molar-refractivity contribution in [3.8, 4) is 0 Å². The summed E-state index contributed by atoms with van der Waals surface area (Å²) in [5.74, 6) is 0.0879. The molecule has 0 heterocycles. The van der Waals surface area contributed by atoms with Gasteiger partial charge in [-0.3, -0.25) is 9.59 Å². The van der Waals surface area contributed by atoms with Gasteiger partial charge in [-0.05, 0) is 27.2 Å². The third-order valence-electron chi connectivity index (χ3n) is 2.70. The van der Waals surface area contributed by atoms with Crippen LogP contribution in [0.25, 0.3) is 0 Å². The molecule has 3 heteroatoms. The first-order valence-electron chi connectivity index (χ1n) is 5.89. The largest absolute Gasteiger partial charge is 0.351 e. The molecule has 1 fully saturated rings. The summed E-state index contributed by atoms with van der Waals surface area (Å²) in [4.78, 5) is 23.7. The van der Waals surface area contributed by atoms with Crippen LogP contribution in [0.5, 0.6) is 0 Å². The molecule has 92 valence electrons. The summed E-state index contributed by atoms with van der Waals surface area (Å²) in [6, 6.07) is 0. The van der Waals surface area contributed by atoms with Gasteiger partial charge in [0.1, 0.15) is 5.78 Å². The van der Waals surface area contributed by atoms with Crippen LogP contribution in [0.1, 0.15) is 48.0 Å². The summed E-state index contributed by atoms with van der Waals surface area (Å²) >= 11 is 0. The second-order valence-corrected chi connectivity index (χ2v) is 6.80. The van der Waals surface area contributed by atoms with Gasteiger partial charge in [0.15, 0.2) is 0 Å². The Labute approximate surface area is 98.0 Å². The topological polar surface area (TPSA) is 46.2 Å². The lowest BCUT2D eigenvalue weighted by atomic mass is 9.87. The van der Waals surface area contributed by atoms with Crippen LogP contribution in [-0.4, -0.2) is 17.2 Å². The van der Waals surface area contributed by atoms with Crippen molar-refractivity contribution in [3.63, 3.8) is 0 Å². The van der Waals surface area contributed by atoms with E-state index in [-0.39, 0.29) is 34.5 Å². The van der Waals surface area contributed by atoms with Crippen molar-refractivity contribution in [2.75, 3.05) is 0 Å². The summed E-state index contributed by atoms with van der Waals surface area (Å²) in [5.41, 5.74) is -0.545. The minimum atomic E-state index is -0.332. The number of hydrogen-bond acceptors (Lipinski definition) is 2.